The van der Waals surface area contributed by atoms with Crippen LogP contribution in [0.1, 0.15) is 16.1 Å². The van der Waals surface area contributed by atoms with E-state index in [4.69, 9.17) is 32.5 Å². The lowest BCUT2D eigenvalue weighted by Crippen LogP contribution is -2.41. The highest BCUT2D eigenvalue weighted by molar-refractivity contribution is 6.33. The van der Waals surface area contributed by atoms with E-state index < -0.39 is 34.9 Å². The summed E-state index contributed by atoms with van der Waals surface area (Å²) in [6.45, 7) is 0.787. The molecule has 13 heteroatoms. The lowest BCUT2D eigenvalue weighted by atomic mass is 10.0. The fourth-order valence-corrected chi connectivity index (χ4v) is 4.43. The van der Waals surface area contributed by atoms with Crippen molar-refractivity contribution in [2.75, 3.05) is 26.3 Å². The summed E-state index contributed by atoms with van der Waals surface area (Å²) in [6.07, 6.45) is -3.88. The van der Waals surface area contributed by atoms with E-state index in [1.54, 1.807) is 12.1 Å². The van der Waals surface area contributed by atoms with Crippen molar-refractivity contribution in [1.82, 2.24) is 19.8 Å². The number of rotatable bonds is 4. The number of alkyl halides is 3. The number of amides is 1. The monoisotopic (exact) mass is 554 g/mol. The van der Waals surface area contributed by atoms with Gasteiger partial charge in [-0.15, -0.1) is 0 Å². The molecule has 0 unspecified atom stereocenters. The Morgan fingerprint density at radius 1 is 1.05 bits per heavy atom. The SMILES string of the molecule is O=C(c1c(-c2c(F)cccc2Cl)noc1-c1cn(-c2cccc(Cl)c2)nc1C(F)(F)F)N1CCOCC1. The van der Waals surface area contributed by atoms with Crippen LogP contribution in [-0.2, 0) is 10.9 Å². The van der Waals surface area contributed by atoms with Crippen LogP contribution >= 0.6 is 23.2 Å². The first-order valence-corrected chi connectivity index (χ1v) is 11.6. The van der Waals surface area contributed by atoms with Crippen LogP contribution in [0.25, 0.3) is 28.3 Å². The zero-order valence-electron chi connectivity index (χ0n) is 18.7. The van der Waals surface area contributed by atoms with Crippen LogP contribution < -0.4 is 0 Å². The molecule has 0 aliphatic carbocycles. The van der Waals surface area contributed by atoms with Crippen LogP contribution in [0.2, 0.25) is 10.0 Å². The Balaban J connectivity index is 1.75. The Hall–Kier alpha value is -3.41. The van der Waals surface area contributed by atoms with Crippen LogP contribution in [0.4, 0.5) is 17.6 Å². The Morgan fingerprint density at radius 2 is 1.78 bits per heavy atom. The highest BCUT2D eigenvalue weighted by atomic mass is 35.5. The maximum Gasteiger partial charge on any atom is 0.435 e. The Kier molecular flexibility index (Phi) is 6.69. The molecular weight excluding hydrogens is 539 g/mol. The number of nitrogens with zero attached hydrogens (tertiary/aromatic N) is 4. The number of morpholine rings is 1. The number of benzene rings is 2. The van der Waals surface area contributed by atoms with Gasteiger partial charge in [-0.2, -0.15) is 18.3 Å². The first kappa shape index (κ1) is 25.2. The quantitative estimate of drug-likeness (QED) is 0.284. The summed E-state index contributed by atoms with van der Waals surface area (Å²) in [5.41, 5.74) is -2.61. The predicted octanol–water partition coefficient (Wildman–Crippen LogP) is 6.13. The summed E-state index contributed by atoms with van der Waals surface area (Å²) in [7, 11) is 0. The van der Waals surface area contributed by atoms with E-state index >= 15 is 0 Å². The summed E-state index contributed by atoms with van der Waals surface area (Å²) in [5, 5.41) is 7.70. The molecule has 4 aromatic rings. The molecule has 7 nitrogen and oxygen atoms in total. The molecule has 3 heterocycles. The zero-order valence-corrected chi connectivity index (χ0v) is 20.2. The Bertz CT molecular complexity index is 1460. The van der Waals surface area contributed by atoms with Gasteiger partial charge in [-0.3, -0.25) is 4.79 Å². The molecule has 0 bridgehead atoms. The second-order valence-corrected chi connectivity index (χ2v) is 8.89. The summed E-state index contributed by atoms with van der Waals surface area (Å²) < 4.78 is 68.8. The molecule has 1 saturated heterocycles. The van der Waals surface area contributed by atoms with E-state index in [0.29, 0.717) is 0 Å². The topological polar surface area (TPSA) is 73.4 Å². The molecule has 0 saturated carbocycles. The average molecular weight is 555 g/mol. The number of hydrogen-bond acceptors (Lipinski definition) is 5. The zero-order chi connectivity index (χ0) is 26.3. The van der Waals surface area contributed by atoms with Gasteiger partial charge in [0.25, 0.3) is 5.91 Å². The van der Waals surface area contributed by atoms with E-state index in [1.807, 2.05) is 0 Å². The molecule has 0 N–H and O–H groups in total. The third kappa shape index (κ3) is 4.81. The number of hydrogen-bond donors (Lipinski definition) is 0. The summed E-state index contributed by atoms with van der Waals surface area (Å²) in [5.74, 6) is -2.06. The van der Waals surface area contributed by atoms with Gasteiger partial charge in [-0.1, -0.05) is 40.5 Å². The van der Waals surface area contributed by atoms with Crippen LogP contribution in [0, 0.1) is 5.82 Å². The lowest BCUT2D eigenvalue weighted by Gasteiger charge is -2.27. The van der Waals surface area contributed by atoms with Crippen molar-refractivity contribution in [3.63, 3.8) is 0 Å². The normalized spacial score (nSPS) is 14.3. The fraction of sp³-hybridized carbons (Fsp3) is 0.208. The molecule has 1 aliphatic rings. The third-order valence-electron chi connectivity index (χ3n) is 5.70. The highest BCUT2D eigenvalue weighted by Crippen LogP contribution is 2.42. The molecule has 5 rings (SSSR count). The molecule has 1 aliphatic heterocycles. The molecule has 1 fully saturated rings. The van der Waals surface area contributed by atoms with Gasteiger partial charge in [-0.25, -0.2) is 9.07 Å². The molecule has 0 atom stereocenters. The van der Waals surface area contributed by atoms with Crippen molar-refractivity contribution in [2.45, 2.75) is 6.18 Å². The number of halogens is 6. The van der Waals surface area contributed by atoms with E-state index in [0.717, 1.165) is 16.9 Å². The van der Waals surface area contributed by atoms with Crippen molar-refractivity contribution >= 4 is 29.1 Å². The lowest BCUT2D eigenvalue weighted by molar-refractivity contribution is -0.140. The molecule has 37 heavy (non-hydrogen) atoms. The van der Waals surface area contributed by atoms with Gasteiger partial charge >= 0.3 is 6.18 Å². The maximum atomic E-state index is 14.8. The van der Waals surface area contributed by atoms with Crippen LogP contribution in [0.3, 0.4) is 0 Å². The molecule has 2 aromatic heterocycles. The van der Waals surface area contributed by atoms with Gasteiger partial charge in [-0.05, 0) is 30.3 Å². The average Bonchev–Trinajstić information content (AvgIpc) is 3.49. The first-order chi connectivity index (χ1) is 17.6. The molecule has 192 valence electrons. The number of carbonyl (C=O) groups excluding carboxylic acids is 1. The summed E-state index contributed by atoms with van der Waals surface area (Å²) in [6, 6.07) is 9.85. The second kappa shape index (κ2) is 9.81. The van der Waals surface area contributed by atoms with Crippen molar-refractivity contribution in [2.24, 2.45) is 0 Å². The largest absolute Gasteiger partial charge is 0.435 e. The maximum absolute atomic E-state index is 14.8. The van der Waals surface area contributed by atoms with Gasteiger partial charge in [0.05, 0.1) is 35.1 Å². The minimum absolute atomic E-state index is 0.0958. The number of ether oxygens (including phenoxy) is 1. The number of aromatic nitrogens is 3. The minimum Gasteiger partial charge on any atom is -0.378 e. The van der Waals surface area contributed by atoms with Crippen LogP contribution in [0.5, 0.6) is 0 Å². The van der Waals surface area contributed by atoms with Crippen molar-refractivity contribution in [3.05, 3.63) is 75.8 Å². The Labute approximate surface area is 217 Å². The van der Waals surface area contributed by atoms with E-state index in [2.05, 4.69) is 10.3 Å². The van der Waals surface area contributed by atoms with Gasteiger partial charge in [0.2, 0.25) is 0 Å². The van der Waals surface area contributed by atoms with E-state index in [9.17, 15) is 22.4 Å². The fourth-order valence-electron chi connectivity index (χ4n) is 3.99. The van der Waals surface area contributed by atoms with Crippen molar-refractivity contribution < 1.29 is 31.6 Å². The van der Waals surface area contributed by atoms with Crippen LogP contribution in [0.15, 0.2) is 53.2 Å². The highest BCUT2D eigenvalue weighted by Gasteiger charge is 2.41. The van der Waals surface area contributed by atoms with Gasteiger partial charge < -0.3 is 14.2 Å². The molecule has 2 aromatic carbocycles. The minimum atomic E-state index is -4.93. The van der Waals surface area contributed by atoms with E-state index in [1.165, 1.54) is 29.2 Å². The molecule has 0 spiro atoms. The molecule has 0 radical (unpaired) electrons. The van der Waals surface area contributed by atoms with Gasteiger partial charge in [0.15, 0.2) is 11.5 Å². The third-order valence-corrected chi connectivity index (χ3v) is 6.25. The Morgan fingerprint density at radius 3 is 2.46 bits per heavy atom. The summed E-state index contributed by atoms with van der Waals surface area (Å²) in [4.78, 5) is 15.0. The smallest absolute Gasteiger partial charge is 0.378 e. The van der Waals surface area contributed by atoms with Crippen molar-refractivity contribution in [1.29, 1.82) is 0 Å². The van der Waals surface area contributed by atoms with Gasteiger partial charge in [0, 0.05) is 24.3 Å². The second-order valence-electron chi connectivity index (χ2n) is 8.05. The predicted molar refractivity (Wildman–Crippen MR) is 126 cm³/mol. The standard InChI is InChI=1S/C24H16Cl2F4N4O3/c25-13-3-1-4-14(11-13)34-12-15(22(31-34)24(28,29)30)21-19(23(35)33-7-9-36-10-8-33)20(32-37-21)18-16(26)5-2-6-17(18)27/h1-6,11-12H,7-10H2. The molecule has 1 amide bonds. The van der Waals surface area contributed by atoms with Gasteiger partial charge in [0.1, 0.15) is 17.1 Å². The van der Waals surface area contributed by atoms with E-state index in [-0.39, 0.29) is 58.9 Å². The van der Waals surface area contributed by atoms with Crippen molar-refractivity contribution in [3.8, 4) is 28.3 Å². The molecular formula is C24H16Cl2F4N4O3. The number of carbonyl (C=O) groups is 1. The summed E-state index contributed by atoms with van der Waals surface area (Å²) >= 11 is 12.2. The first-order valence-electron chi connectivity index (χ1n) is 10.9. The van der Waals surface area contributed by atoms with Crippen LogP contribution in [-0.4, -0.2) is 52.0 Å².